The molecule has 0 amide bonds. The first-order valence-corrected chi connectivity index (χ1v) is 17.9. The van der Waals surface area contributed by atoms with E-state index in [0.29, 0.717) is 0 Å². The zero-order valence-electron chi connectivity index (χ0n) is 28.0. The SMILES string of the molecule is C1=CCCC(N(c2ccc(-c3ccccc3)cc2)c2ccc3c(c2)C2(c4ccccc4-3)c3ccccc3-c3c2ccc2c3oc3ccccc32)=C1. The molecule has 0 saturated heterocycles. The lowest BCUT2D eigenvalue weighted by Gasteiger charge is -2.33. The predicted octanol–water partition coefficient (Wildman–Crippen LogP) is 13.0. The lowest BCUT2D eigenvalue weighted by atomic mass is 9.70. The van der Waals surface area contributed by atoms with Gasteiger partial charge in [-0.3, -0.25) is 0 Å². The molecule has 0 radical (unpaired) electrons. The number of hydrogen-bond donors (Lipinski definition) is 0. The van der Waals surface area contributed by atoms with Crippen LogP contribution in [0.5, 0.6) is 0 Å². The Bertz CT molecular complexity index is 2750. The van der Waals surface area contributed by atoms with E-state index in [4.69, 9.17) is 4.42 Å². The van der Waals surface area contributed by atoms with Crippen molar-refractivity contribution >= 4 is 33.3 Å². The van der Waals surface area contributed by atoms with Crippen LogP contribution in [0.4, 0.5) is 11.4 Å². The maximum absolute atomic E-state index is 6.75. The molecular formula is C49H33NO. The van der Waals surface area contributed by atoms with E-state index >= 15 is 0 Å². The Balaban J connectivity index is 1.17. The van der Waals surface area contributed by atoms with E-state index in [2.05, 4.69) is 181 Å². The van der Waals surface area contributed by atoms with E-state index in [1.54, 1.807) is 0 Å². The number of hydrogen-bond acceptors (Lipinski definition) is 2. The van der Waals surface area contributed by atoms with Crippen LogP contribution >= 0.6 is 0 Å². The van der Waals surface area contributed by atoms with Crippen molar-refractivity contribution in [2.45, 2.75) is 18.3 Å². The van der Waals surface area contributed by atoms with Crippen LogP contribution in [0.1, 0.15) is 35.1 Å². The van der Waals surface area contributed by atoms with E-state index in [0.717, 1.165) is 35.1 Å². The van der Waals surface area contributed by atoms with Gasteiger partial charge in [0.1, 0.15) is 11.2 Å². The lowest BCUT2D eigenvalue weighted by Crippen LogP contribution is -2.26. The summed E-state index contributed by atoms with van der Waals surface area (Å²) in [5.41, 5.74) is 17.8. The van der Waals surface area contributed by atoms with Gasteiger partial charge < -0.3 is 9.32 Å². The number of benzene rings is 7. The Morgan fingerprint density at radius 1 is 0.510 bits per heavy atom. The highest BCUT2D eigenvalue weighted by Crippen LogP contribution is 2.64. The molecule has 0 bridgehead atoms. The van der Waals surface area contributed by atoms with Crippen LogP contribution < -0.4 is 4.90 Å². The molecule has 51 heavy (non-hydrogen) atoms. The standard InChI is InChI=1S/C49H33NO/c1-3-13-32(14-4-1)33-23-25-35(26-24-33)50(34-15-5-2-6-16-34)36-27-28-38-37-17-7-10-20-42(37)49(45(38)31-36)43-21-11-8-19-41(43)47-44(49)30-29-40-39-18-9-12-22-46(39)51-48(40)47/h1-5,7-15,17-31H,6,16H2. The molecule has 0 fully saturated rings. The first kappa shape index (κ1) is 28.5. The second-order valence-corrected chi connectivity index (χ2v) is 13.9. The van der Waals surface area contributed by atoms with E-state index in [-0.39, 0.29) is 0 Å². The van der Waals surface area contributed by atoms with E-state index in [1.807, 2.05) is 0 Å². The lowest BCUT2D eigenvalue weighted by molar-refractivity contribution is 0.669. The molecular weight excluding hydrogens is 619 g/mol. The molecule has 240 valence electrons. The summed E-state index contributed by atoms with van der Waals surface area (Å²) in [4.78, 5) is 2.47. The van der Waals surface area contributed by atoms with Gasteiger partial charge in [0.25, 0.3) is 0 Å². The number of fused-ring (bicyclic) bond motifs is 14. The average molecular weight is 652 g/mol. The minimum Gasteiger partial charge on any atom is -0.455 e. The largest absolute Gasteiger partial charge is 0.455 e. The summed E-state index contributed by atoms with van der Waals surface area (Å²) in [5, 5.41) is 2.32. The number of para-hydroxylation sites is 1. The van der Waals surface area contributed by atoms with Crippen LogP contribution in [-0.4, -0.2) is 0 Å². The molecule has 2 heteroatoms. The van der Waals surface area contributed by atoms with Crippen LogP contribution in [-0.2, 0) is 5.41 Å². The molecule has 7 aromatic carbocycles. The summed E-state index contributed by atoms with van der Waals surface area (Å²) in [7, 11) is 0. The second-order valence-electron chi connectivity index (χ2n) is 13.9. The molecule has 8 aromatic rings. The maximum Gasteiger partial charge on any atom is 0.143 e. The summed E-state index contributed by atoms with van der Waals surface area (Å²) < 4.78 is 6.75. The van der Waals surface area contributed by atoms with Gasteiger partial charge >= 0.3 is 0 Å². The molecule has 2 nitrogen and oxygen atoms in total. The molecule has 1 aromatic heterocycles. The molecule has 1 atom stereocenters. The summed E-state index contributed by atoms with van der Waals surface area (Å²) in [5.74, 6) is 0. The van der Waals surface area contributed by atoms with Crippen molar-refractivity contribution in [1.82, 2.24) is 0 Å². The molecule has 11 rings (SSSR count). The summed E-state index contributed by atoms with van der Waals surface area (Å²) >= 11 is 0. The summed E-state index contributed by atoms with van der Waals surface area (Å²) in [6.07, 6.45) is 8.76. The molecule has 0 saturated carbocycles. The van der Waals surface area contributed by atoms with Crippen LogP contribution in [0.25, 0.3) is 55.3 Å². The second kappa shape index (κ2) is 10.8. The number of rotatable bonds is 4. The van der Waals surface area contributed by atoms with Crippen molar-refractivity contribution in [2.75, 3.05) is 4.90 Å². The molecule has 0 aliphatic heterocycles. The Morgan fingerprint density at radius 2 is 1.20 bits per heavy atom. The monoisotopic (exact) mass is 651 g/mol. The van der Waals surface area contributed by atoms with Gasteiger partial charge in [-0.25, -0.2) is 0 Å². The highest BCUT2D eigenvalue weighted by atomic mass is 16.3. The number of nitrogens with zero attached hydrogens (tertiary/aromatic N) is 1. The van der Waals surface area contributed by atoms with Gasteiger partial charge in [0, 0.05) is 33.4 Å². The van der Waals surface area contributed by atoms with Gasteiger partial charge in [0.15, 0.2) is 0 Å². The van der Waals surface area contributed by atoms with Crippen molar-refractivity contribution in [3.05, 3.63) is 204 Å². The van der Waals surface area contributed by atoms with Crippen LogP contribution in [0.2, 0.25) is 0 Å². The van der Waals surface area contributed by atoms with E-state index in [1.165, 1.54) is 72.4 Å². The van der Waals surface area contributed by atoms with Crippen LogP contribution in [0.15, 0.2) is 186 Å². The Morgan fingerprint density at radius 3 is 2.02 bits per heavy atom. The Labute approximate surface area is 297 Å². The minimum absolute atomic E-state index is 0.481. The maximum atomic E-state index is 6.75. The third kappa shape index (κ3) is 3.93. The topological polar surface area (TPSA) is 16.4 Å². The third-order valence-electron chi connectivity index (χ3n) is 11.3. The molecule has 1 spiro atoms. The first-order valence-electron chi connectivity index (χ1n) is 17.9. The molecule has 3 aliphatic carbocycles. The number of anilines is 2. The average Bonchev–Trinajstić information content (AvgIpc) is 3.83. The molecule has 0 N–H and O–H groups in total. The van der Waals surface area contributed by atoms with Crippen molar-refractivity contribution in [3.63, 3.8) is 0 Å². The van der Waals surface area contributed by atoms with Gasteiger partial charge in [0.2, 0.25) is 0 Å². The highest BCUT2D eigenvalue weighted by molar-refractivity contribution is 6.13. The minimum atomic E-state index is -0.481. The van der Waals surface area contributed by atoms with Crippen molar-refractivity contribution in [1.29, 1.82) is 0 Å². The molecule has 1 unspecified atom stereocenters. The summed E-state index contributed by atoms with van der Waals surface area (Å²) in [6, 6.07) is 58.0. The fourth-order valence-electron chi connectivity index (χ4n) is 9.22. The van der Waals surface area contributed by atoms with Gasteiger partial charge in [-0.05, 0) is 99.3 Å². The Hall–Kier alpha value is -6.38. The van der Waals surface area contributed by atoms with Crippen molar-refractivity contribution in [3.8, 4) is 33.4 Å². The quantitative estimate of drug-likeness (QED) is 0.188. The predicted molar refractivity (Wildman–Crippen MR) is 210 cm³/mol. The fraction of sp³-hybridized carbons (Fsp3) is 0.0612. The van der Waals surface area contributed by atoms with Crippen molar-refractivity contribution < 1.29 is 4.42 Å². The van der Waals surface area contributed by atoms with Crippen LogP contribution in [0.3, 0.4) is 0 Å². The van der Waals surface area contributed by atoms with Crippen LogP contribution in [0, 0.1) is 0 Å². The smallest absolute Gasteiger partial charge is 0.143 e. The Kier molecular flexibility index (Phi) is 6.03. The molecule has 1 heterocycles. The van der Waals surface area contributed by atoms with E-state index < -0.39 is 5.41 Å². The molecule has 3 aliphatic rings. The number of allylic oxidation sites excluding steroid dienone is 4. The van der Waals surface area contributed by atoms with Gasteiger partial charge in [-0.2, -0.15) is 0 Å². The fourth-order valence-corrected chi connectivity index (χ4v) is 9.22. The van der Waals surface area contributed by atoms with E-state index in [9.17, 15) is 0 Å². The first-order chi connectivity index (χ1) is 25.3. The summed E-state index contributed by atoms with van der Waals surface area (Å²) in [6.45, 7) is 0. The third-order valence-corrected chi connectivity index (χ3v) is 11.3. The zero-order chi connectivity index (χ0) is 33.5. The van der Waals surface area contributed by atoms with Gasteiger partial charge in [-0.1, -0.05) is 140 Å². The zero-order valence-corrected chi connectivity index (χ0v) is 28.0. The van der Waals surface area contributed by atoms with Gasteiger partial charge in [0.05, 0.1) is 5.41 Å². The van der Waals surface area contributed by atoms with Gasteiger partial charge in [-0.15, -0.1) is 0 Å². The number of furan rings is 1. The highest BCUT2D eigenvalue weighted by Gasteiger charge is 2.52. The van der Waals surface area contributed by atoms with Crippen molar-refractivity contribution in [2.24, 2.45) is 0 Å². The normalized spacial score (nSPS) is 16.6.